The Hall–Kier alpha value is -1.16. The summed E-state index contributed by atoms with van der Waals surface area (Å²) in [5.41, 5.74) is 0. The Labute approximate surface area is 120 Å². The maximum absolute atomic E-state index is 11.2. The molecule has 0 aliphatic carbocycles. The molecular weight excluding hydrogens is 262 g/mol. The molecule has 1 aromatic carbocycles. The largest absolute Gasteiger partial charge is 0.494 e. The second kappa shape index (κ2) is 7.44. The monoisotopic (exact) mass is 280 g/mol. The highest BCUT2D eigenvalue weighted by Gasteiger charge is 2.31. The Morgan fingerprint density at radius 3 is 2.53 bits per heavy atom. The van der Waals surface area contributed by atoms with Crippen molar-refractivity contribution in [1.82, 2.24) is 0 Å². The fourth-order valence-electron chi connectivity index (χ4n) is 1.71. The molecule has 3 nitrogen and oxygen atoms in total. The minimum atomic E-state index is -1.21. The van der Waals surface area contributed by atoms with E-state index in [0.717, 1.165) is 12.8 Å². The first-order valence-electron chi connectivity index (χ1n) is 6.38. The van der Waals surface area contributed by atoms with Crippen molar-refractivity contribution in [1.29, 1.82) is 0 Å². The molecule has 1 rings (SSSR count). The van der Waals surface area contributed by atoms with E-state index in [1.165, 1.54) is 0 Å². The number of carboxylic acid groups (broad SMARTS) is 1. The highest BCUT2D eigenvalue weighted by Crippen LogP contribution is 2.33. The summed E-state index contributed by atoms with van der Waals surface area (Å²) in [6, 6.07) is 6.93. The van der Waals surface area contributed by atoms with Crippen LogP contribution in [0.3, 0.4) is 0 Å². The van der Waals surface area contributed by atoms with E-state index in [4.69, 9.17) is 24.2 Å². The third kappa shape index (κ3) is 5.15. The summed E-state index contributed by atoms with van der Waals surface area (Å²) < 4.78 is 5.48. The number of carbonyl (C=O) groups is 1. The van der Waals surface area contributed by atoms with Crippen LogP contribution in [0.4, 0.5) is 0 Å². The highest BCUT2D eigenvalue weighted by atomic mass is 35.5. The molecule has 0 saturated carbocycles. The molecule has 0 saturated heterocycles. The fraction of sp³-hybridized carbons (Fsp3) is 0.500. The molecule has 102 valence electrons. The van der Waals surface area contributed by atoms with Crippen LogP contribution in [-0.4, -0.2) is 25.5 Å². The Morgan fingerprint density at radius 2 is 2.00 bits per heavy atom. The maximum atomic E-state index is 11.2. The number of ether oxygens (including phenoxy) is 1. The van der Waals surface area contributed by atoms with Crippen LogP contribution in [0.5, 0.6) is 5.75 Å². The highest BCUT2D eigenvalue weighted by molar-refractivity contribution is 6.30. The van der Waals surface area contributed by atoms with Crippen LogP contribution in [-0.2, 0) is 4.79 Å². The molecule has 2 radical (unpaired) electrons. The first kappa shape index (κ1) is 15.9. The zero-order valence-electron chi connectivity index (χ0n) is 11.1. The van der Waals surface area contributed by atoms with Crippen molar-refractivity contribution in [2.45, 2.75) is 37.9 Å². The minimum absolute atomic E-state index is 0.272. The second-order valence-corrected chi connectivity index (χ2v) is 5.05. The van der Waals surface area contributed by atoms with E-state index in [0.29, 0.717) is 17.2 Å². The van der Waals surface area contributed by atoms with E-state index in [-0.39, 0.29) is 13.0 Å². The third-order valence-electron chi connectivity index (χ3n) is 3.03. The van der Waals surface area contributed by atoms with E-state index in [2.05, 4.69) is 0 Å². The first-order valence-corrected chi connectivity index (χ1v) is 6.76. The zero-order chi connectivity index (χ0) is 14.3. The average Bonchev–Trinajstić information content (AvgIpc) is 2.38. The summed E-state index contributed by atoms with van der Waals surface area (Å²) >= 11 is 5.76. The molecular formula is C14H18BClO3. The van der Waals surface area contributed by atoms with Gasteiger partial charge < -0.3 is 9.84 Å². The van der Waals surface area contributed by atoms with Gasteiger partial charge in [-0.2, -0.15) is 0 Å². The van der Waals surface area contributed by atoms with Gasteiger partial charge in [0.15, 0.2) is 0 Å². The second-order valence-electron chi connectivity index (χ2n) is 4.62. The van der Waals surface area contributed by atoms with Crippen molar-refractivity contribution in [2.24, 2.45) is 0 Å². The molecule has 0 aliphatic rings. The molecule has 0 aliphatic heterocycles. The van der Waals surface area contributed by atoms with E-state index >= 15 is 0 Å². The summed E-state index contributed by atoms with van der Waals surface area (Å²) in [4.78, 5) is 11.2. The number of benzene rings is 1. The van der Waals surface area contributed by atoms with Crippen LogP contribution < -0.4 is 4.74 Å². The molecule has 0 bridgehead atoms. The van der Waals surface area contributed by atoms with Crippen LogP contribution in [0, 0.1) is 0 Å². The van der Waals surface area contributed by atoms with Crippen LogP contribution in [0.2, 0.25) is 10.3 Å². The van der Waals surface area contributed by atoms with Crippen molar-refractivity contribution in [3.63, 3.8) is 0 Å². The SMILES string of the molecule is [B]C(CCCC)(CCOc1ccc(Cl)cc1)C(=O)O. The normalized spacial score (nSPS) is 13.8. The van der Waals surface area contributed by atoms with Gasteiger partial charge in [0.05, 0.1) is 14.5 Å². The van der Waals surface area contributed by atoms with Crippen molar-refractivity contribution in [2.75, 3.05) is 6.61 Å². The summed E-state index contributed by atoms with van der Waals surface area (Å²) in [5.74, 6) is -0.312. The Morgan fingerprint density at radius 1 is 1.37 bits per heavy atom. The van der Waals surface area contributed by atoms with Crippen LogP contribution in [0.15, 0.2) is 24.3 Å². The van der Waals surface area contributed by atoms with Crippen LogP contribution in [0.1, 0.15) is 32.6 Å². The maximum Gasteiger partial charge on any atom is 0.300 e. The Balaban J connectivity index is 2.48. The molecule has 19 heavy (non-hydrogen) atoms. The van der Waals surface area contributed by atoms with Gasteiger partial charge in [0.1, 0.15) is 5.75 Å². The number of unbranched alkanes of at least 4 members (excludes halogenated alkanes) is 1. The number of aliphatic carboxylic acids is 1. The summed E-state index contributed by atoms with van der Waals surface area (Å²) in [7, 11) is 5.91. The lowest BCUT2D eigenvalue weighted by molar-refractivity contribution is -0.141. The van der Waals surface area contributed by atoms with Gasteiger partial charge in [0.25, 0.3) is 0 Å². The molecule has 1 atom stereocenters. The minimum Gasteiger partial charge on any atom is -0.494 e. The van der Waals surface area contributed by atoms with E-state index in [1.807, 2.05) is 6.92 Å². The van der Waals surface area contributed by atoms with Gasteiger partial charge in [0, 0.05) is 10.3 Å². The van der Waals surface area contributed by atoms with Gasteiger partial charge in [-0.1, -0.05) is 31.4 Å². The van der Waals surface area contributed by atoms with Crippen molar-refractivity contribution >= 4 is 25.4 Å². The van der Waals surface area contributed by atoms with E-state index in [1.54, 1.807) is 24.3 Å². The van der Waals surface area contributed by atoms with Gasteiger partial charge in [-0.25, -0.2) is 0 Å². The van der Waals surface area contributed by atoms with Gasteiger partial charge in [-0.15, -0.1) is 0 Å². The molecule has 1 N–H and O–H groups in total. The lowest BCUT2D eigenvalue weighted by Crippen LogP contribution is -2.26. The predicted octanol–water partition coefficient (Wildman–Crippen LogP) is 3.71. The molecule has 5 heteroatoms. The zero-order valence-corrected chi connectivity index (χ0v) is 11.8. The molecule has 1 unspecified atom stereocenters. The average molecular weight is 281 g/mol. The smallest absolute Gasteiger partial charge is 0.300 e. The van der Waals surface area contributed by atoms with Gasteiger partial charge in [-0.05, 0) is 37.1 Å². The fourth-order valence-corrected chi connectivity index (χ4v) is 1.84. The molecule has 0 heterocycles. The standard InChI is InChI=1S/C14H18BClO3/c1-2-3-8-14(15,13(17)18)9-10-19-12-6-4-11(16)5-7-12/h4-7H,2-3,8-10H2,1H3,(H,17,18). The topological polar surface area (TPSA) is 46.5 Å². The van der Waals surface area contributed by atoms with Crippen LogP contribution in [0.25, 0.3) is 0 Å². The first-order chi connectivity index (χ1) is 8.98. The third-order valence-corrected chi connectivity index (χ3v) is 3.28. The van der Waals surface area contributed by atoms with E-state index < -0.39 is 11.3 Å². The van der Waals surface area contributed by atoms with Crippen molar-refractivity contribution in [3.05, 3.63) is 29.3 Å². The summed E-state index contributed by atoms with van der Waals surface area (Å²) in [6.07, 6.45) is 2.46. The van der Waals surface area contributed by atoms with Crippen molar-refractivity contribution in [3.8, 4) is 5.75 Å². The van der Waals surface area contributed by atoms with Crippen molar-refractivity contribution < 1.29 is 14.6 Å². The number of hydrogen-bond donors (Lipinski definition) is 1. The molecule has 0 amide bonds. The van der Waals surface area contributed by atoms with Gasteiger partial charge in [0.2, 0.25) is 0 Å². The number of halogens is 1. The van der Waals surface area contributed by atoms with Gasteiger partial charge >= 0.3 is 5.97 Å². The molecule has 1 aromatic rings. The Bertz CT molecular complexity index is 408. The number of rotatable bonds is 8. The number of carboxylic acids is 1. The predicted molar refractivity (Wildman–Crippen MR) is 77.2 cm³/mol. The lowest BCUT2D eigenvalue weighted by Gasteiger charge is -2.25. The quantitative estimate of drug-likeness (QED) is 0.738. The van der Waals surface area contributed by atoms with E-state index in [9.17, 15) is 9.90 Å². The molecule has 0 fully saturated rings. The number of hydrogen-bond acceptors (Lipinski definition) is 2. The summed E-state index contributed by atoms with van der Waals surface area (Å²) in [5, 5.41) is 8.62. The lowest BCUT2D eigenvalue weighted by atomic mass is 9.63. The Kier molecular flexibility index (Phi) is 6.22. The molecule has 0 aromatic heterocycles. The molecule has 0 spiro atoms. The summed E-state index contributed by atoms with van der Waals surface area (Å²) in [6.45, 7) is 2.28. The van der Waals surface area contributed by atoms with Crippen LogP contribution >= 0.6 is 11.6 Å². The van der Waals surface area contributed by atoms with Gasteiger partial charge in [-0.3, -0.25) is 4.79 Å².